The monoisotopic (exact) mass is 541 g/mol. The highest BCUT2D eigenvalue weighted by atomic mass is 32.1. The van der Waals surface area contributed by atoms with E-state index in [2.05, 4.69) is 10.3 Å². The van der Waals surface area contributed by atoms with Crippen molar-refractivity contribution in [3.63, 3.8) is 0 Å². The lowest BCUT2D eigenvalue weighted by molar-refractivity contribution is 0.0526. The fourth-order valence-electron chi connectivity index (χ4n) is 4.00. The van der Waals surface area contributed by atoms with Crippen molar-refractivity contribution in [1.29, 1.82) is 0 Å². The second kappa shape index (κ2) is 10.4. The van der Waals surface area contributed by atoms with E-state index in [4.69, 9.17) is 9.47 Å². The van der Waals surface area contributed by atoms with Gasteiger partial charge in [0.1, 0.15) is 10.0 Å². The van der Waals surface area contributed by atoms with E-state index in [9.17, 15) is 14.4 Å². The number of fused-ring (bicyclic) bond motifs is 2. The number of carbonyl (C=O) groups is 3. The van der Waals surface area contributed by atoms with Gasteiger partial charge in [-0.3, -0.25) is 4.79 Å². The average molecular weight is 542 g/mol. The third-order valence-electron chi connectivity index (χ3n) is 5.62. The maximum Gasteiger partial charge on any atom is 0.410 e. The fourth-order valence-corrected chi connectivity index (χ4v) is 7.17. The van der Waals surface area contributed by atoms with E-state index < -0.39 is 5.97 Å². The van der Waals surface area contributed by atoms with Crippen LogP contribution in [-0.4, -0.2) is 47.6 Å². The molecule has 2 amide bonds. The first-order valence-electron chi connectivity index (χ1n) is 11.5. The zero-order chi connectivity index (χ0) is 25.2. The molecule has 0 saturated heterocycles. The van der Waals surface area contributed by atoms with Crippen LogP contribution in [0.15, 0.2) is 36.4 Å². The number of aromatic nitrogens is 1. The standard InChI is InChI=1S/C25H23N3O5S3/c1-3-32-24(30)20-14-11-12-28(25(31)33-4-2)13-19(14)36-23(20)27-21(29)17-9-10-18(34-17)22-26-15-7-5-6-8-16(15)35-22/h5-10H,3-4,11-13H2,1-2H3,(H,27,29). The smallest absolute Gasteiger partial charge is 0.410 e. The molecule has 1 N–H and O–H groups in total. The second-order valence-electron chi connectivity index (χ2n) is 7.90. The SMILES string of the molecule is CCOC(=O)c1c(NC(=O)c2ccc(-c3nc4ccccc4s3)s2)sc2c1CCN(C(=O)OCC)C2. The van der Waals surface area contributed by atoms with Gasteiger partial charge in [0.25, 0.3) is 5.91 Å². The van der Waals surface area contributed by atoms with E-state index in [0.29, 0.717) is 41.6 Å². The number of amides is 2. The molecule has 8 nitrogen and oxygen atoms in total. The van der Waals surface area contributed by atoms with Crippen molar-refractivity contribution in [2.75, 3.05) is 25.1 Å². The van der Waals surface area contributed by atoms with Crippen LogP contribution in [0.3, 0.4) is 0 Å². The van der Waals surface area contributed by atoms with Gasteiger partial charge in [-0.15, -0.1) is 34.0 Å². The van der Waals surface area contributed by atoms with Gasteiger partial charge in [0, 0.05) is 11.4 Å². The predicted molar refractivity (Wildman–Crippen MR) is 142 cm³/mol. The molecule has 1 aliphatic rings. The number of para-hydroxylation sites is 1. The Morgan fingerprint density at radius 3 is 2.61 bits per heavy atom. The van der Waals surface area contributed by atoms with Gasteiger partial charge in [0.05, 0.1) is 45.3 Å². The maximum atomic E-state index is 13.2. The van der Waals surface area contributed by atoms with Crippen molar-refractivity contribution < 1.29 is 23.9 Å². The quantitative estimate of drug-likeness (QED) is 0.299. The van der Waals surface area contributed by atoms with Gasteiger partial charge in [-0.25, -0.2) is 14.6 Å². The lowest BCUT2D eigenvalue weighted by Crippen LogP contribution is -2.36. The van der Waals surface area contributed by atoms with Crippen molar-refractivity contribution in [1.82, 2.24) is 9.88 Å². The number of hydrogen-bond acceptors (Lipinski definition) is 9. The summed E-state index contributed by atoms with van der Waals surface area (Å²) in [6.45, 7) is 4.77. The molecule has 0 radical (unpaired) electrons. The number of ether oxygens (including phenoxy) is 2. The Morgan fingerprint density at radius 1 is 1.03 bits per heavy atom. The first-order chi connectivity index (χ1) is 17.5. The highest BCUT2D eigenvalue weighted by molar-refractivity contribution is 7.26. The Kier molecular flexibility index (Phi) is 7.04. The van der Waals surface area contributed by atoms with Crippen LogP contribution in [0.1, 0.15) is 44.3 Å². The second-order valence-corrected chi connectivity index (χ2v) is 11.1. The Morgan fingerprint density at radius 2 is 1.83 bits per heavy atom. The van der Waals surface area contributed by atoms with E-state index >= 15 is 0 Å². The van der Waals surface area contributed by atoms with Crippen LogP contribution in [-0.2, 0) is 22.4 Å². The summed E-state index contributed by atoms with van der Waals surface area (Å²) in [5, 5.41) is 4.22. The summed E-state index contributed by atoms with van der Waals surface area (Å²) in [7, 11) is 0. The molecular formula is C25H23N3O5S3. The molecule has 186 valence electrons. The number of thiazole rings is 1. The number of carbonyl (C=O) groups excluding carboxylic acids is 3. The van der Waals surface area contributed by atoms with Crippen molar-refractivity contribution in [2.24, 2.45) is 0 Å². The van der Waals surface area contributed by atoms with E-state index in [1.165, 1.54) is 22.7 Å². The molecule has 0 saturated carbocycles. The summed E-state index contributed by atoms with van der Waals surface area (Å²) in [5.41, 5.74) is 2.12. The number of esters is 1. The molecule has 4 heterocycles. The van der Waals surface area contributed by atoms with Gasteiger partial charge in [-0.2, -0.15) is 0 Å². The molecule has 0 fully saturated rings. The van der Waals surface area contributed by atoms with Crippen LogP contribution < -0.4 is 5.32 Å². The highest BCUT2D eigenvalue weighted by Gasteiger charge is 2.31. The molecule has 0 spiro atoms. The number of hydrogen-bond donors (Lipinski definition) is 1. The maximum absolute atomic E-state index is 13.2. The first kappa shape index (κ1) is 24.4. The molecule has 5 rings (SSSR count). The molecule has 0 aliphatic carbocycles. The highest BCUT2D eigenvalue weighted by Crippen LogP contribution is 2.39. The minimum atomic E-state index is -0.476. The van der Waals surface area contributed by atoms with Crippen LogP contribution in [0.4, 0.5) is 9.80 Å². The third kappa shape index (κ3) is 4.73. The van der Waals surface area contributed by atoms with E-state index in [1.807, 2.05) is 30.3 Å². The summed E-state index contributed by atoms with van der Waals surface area (Å²) in [6.07, 6.45) is 0.0934. The molecule has 1 aromatic carbocycles. The number of nitrogens with one attached hydrogen (secondary N) is 1. The molecule has 11 heteroatoms. The number of benzene rings is 1. The topological polar surface area (TPSA) is 97.8 Å². The van der Waals surface area contributed by atoms with Crippen LogP contribution in [0.2, 0.25) is 0 Å². The Hall–Kier alpha value is -3.28. The van der Waals surface area contributed by atoms with E-state index in [1.54, 1.807) is 36.2 Å². The number of anilines is 1. The number of thiophene rings is 2. The Labute approximate surface area is 219 Å². The Balaban J connectivity index is 1.40. The van der Waals surface area contributed by atoms with Gasteiger partial charge in [-0.1, -0.05) is 12.1 Å². The van der Waals surface area contributed by atoms with Gasteiger partial charge in [-0.05, 0) is 50.1 Å². The molecule has 1 aliphatic heterocycles. The van der Waals surface area contributed by atoms with Gasteiger partial charge in [0.15, 0.2) is 0 Å². The Bertz CT molecular complexity index is 1420. The summed E-state index contributed by atoms with van der Waals surface area (Å²) in [4.78, 5) is 46.8. The summed E-state index contributed by atoms with van der Waals surface area (Å²) in [6, 6.07) is 11.6. The zero-order valence-corrected chi connectivity index (χ0v) is 22.1. The largest absolute Gasteiger partial charge is 0.462 e. The number of nitrogens with zero attached hydrogens (tertiary/aromatic N) is 2. The summed E-state index contributed by atoms with van der Waals surface area (Å²) >= 11 is 4.23. The zero-order valence-electron chi connectivity index (χ0n) is 19.7. The van der Waals surface area contributed by atoms with Gasteiger partial charge in [0.2, 0.25) is 0 Å². The molecular weight excluding hydrogens is 518 g/mol. The molecule has 36 heavy (non-hydrogen) atoms. The van der Waals surface area contributed by atoms with Crippen molar-refractivity contribution in [2.45, 2.75) is 26.8 Å². The van der Waals surface area contributed by atoms with Crippen LogP contribution in [0, 0.1) is 0 Å². The number of rotatable bonds is 6. The average Bonchev–Trinajstić information content (AvgIpc) is 3.60. The summed E-state index contributed by atoms with van der Waals surface area (Å²) < 4.78 is 11.5. The third-order valence-corrected chi connectivity index (χ3v) is 9.05. The predicted octanol–water partition coefficient (Wildman–Crippen LogP) is 6.03. The minimum Gasteiger partial charge on any atom is -0.462 e. The molecule has 0 unspecified atom stereocenters. The molecule has 0 bridgehead atoms. The first-order valence-corrected chi connectivity index (χ1v) is 13.9. The summed E-state index contributed by atoms with van der Waals surface area (Å²) in [5.74, 6) is -0.782. The normalized spacial score (nSPS) is 12.9. The van der Waals surface area contributed by atoms with Crippen molar-refractivity contribution >= 4 is 67.2 Å². The van der Waals surface area contributed by atoms with Crippen LogP contribution >= 0.6 is 34.0 Å². The molecule has 3 aromatic heterocycles. The lowest BCUT2D eigenvalue weighted by Gasteiger charge is -2.26. The molecule has 0 atom stereocenters. The molecule has 4 aromatic rings. The van der Waals surface area contributed by atoms with E-state index in [0.717, 1.165) is 30.5 Å². The van der Waals surface area contributed by atoms with Crippen molar-refractivity contribution in [3.05, 3.63) is 57.3 Å². The van der Waals surface area contributed by atoms with Crippen molar-refractivity contribution in [3.8, 4) is 9.88 Å². The van der Waals surface area contributed by atoms with Crippen LogP contribution in [0.25, 0.3) is 20.1 Å². The van der Waals surface area contributed by atoms with E-state index in [-0.39, 0.29) is 18.6 Å². The van der Waals surface area contributed by atoms with Crippen LogP contribution in [0.5, 0.6) is 0 Å². The fraction of sp³-hybridized carbons (Fsp3) is 0.280. The minimum absolute atomic E-state index is 0.224. The lowest BCUT2D eigenvalue weighted by atomic mass is 10.0. The van der Waals surface area contributed by atoms with Gasteiger partial charge < -0.3 is 19.7 Å². The van der Waals surface area contributed by atoms with Gasteiger partial charge >= 0.3 is 12.1 Å².